The number of nitrogens with zero attached hydrogens (tertiary/aromatic N) is 1. The normalized spacial score (nSPS) is 19.8. The summed E-state index contributed by atoms with van der Waals surface area (Å²) in [6, 6.07) is 5.88. The molecule has 1 aromatic heterocycles. The van der Waals surface area contributed by atoms with E-state index in [1.807, 2.05) is 13.8 Å². The van der Waals surface area contributed by atoms with Gasteiger partial charge in [0.05, 0.1) is 36.6 Å². The lowest BCUT2D eigenvalue weighted by atomic mass is 9.97. The maximum atomic E-state index is 14.7. The number of hydrogen-bond acceptors (Lipinski definition) is 6. The van der Waals surface area contributed by atoms with Crippen molar-refractivity contribution < 1.29 is 28.6 Å². The minimum atomic E-state index is -0.764. The Morgan fingerprint density at radius 3 is 2.82 bits per heavy atom. The fourth-order valence-corrected chi connectivity index (χ4v) is 4.22. The maximum absolute atomic E-state index is 14.7. The lowest BCUT2D eigenvalue weighted by Gasteiger charge is -2.28. The number of aromatic nitrogens is 1. The Hall–Kier alpha value is -2.84. The number of ether oxygens (including phenoxy) is 2. The summed E-state index contributed by atoms with van der Waals surface area (Å²) < 4.78 is 25.6. The number of pyridine rings is 1. The van der Waals surface area contributed by atoms with Crippen molar-refractivity contribution in [2.24, 2.45) is 5.92 Å². The number of nitrogens with one attached hydrogen (secondary N) is 1. The summed E-state index contributed by atoms with van der Waals surface area (Å²) in [6.45, 7) is 4.97. The standard InChI is InChI=1S/C25H29FN2O5/c1-14(2)9-22(29)17-4-3-15(11-18(17)26)10-16-12-21(27-20-6-8-33-24(16)20)25(31)28-19-5-7-32-13-23(19)30/h3-4,11-12,14,19,23,30H,5-10,13H2,1-2H3,(H,28,31)/t19-,23-/m0/s1. The second-order valence-corrected chi connectivity index (χ2v) is 9.06. The van der Waals surface area contributed by atoms with Crippen LogP contribution in [0.4, 0.5) is 4.39 Å². The molecule has 1 saturated heterocycles. The molecule has 2 aliphatic rings. The SMILES string of the molecule is CC(C)CC(=O)c1ccc(Cc2cc(C(=O)N[C@H]3CCOC[C@@H]3O)nc3c2OCC3)cc1F. The number of rotatable bonds is 7. The van der Waals surface area contributed by atoms with Crippen molar-refractivity contribution in [2.45, 2.75) is 51.7 Å². The van der Waals surface area contributed by atoms with E-state index in [1.54, 1.807) is 12.1 Å². The van der Waals surface area contributed by atoms with Crippen molar-refractivity contribution in [1.82, 2.24) is 10.3 Å². The molecule has 8 heteroatoms. The third-order valence-electron chi connectivity index (χ3n) is 5.90. The maximum Gasteiger partial charge on any atom is 0.270 e. The minimum absolute atomic E-state index is 0.0961. The van der Waals surface area contributed by atoms with Crippen LogP contribution in [0.5, 0.6) is 5.75 Å². The Morgan fingerprint density at radius 1 is 1.27 bits per heavy atom. The summed E-state index contributed by atoms with van der Waals surface area (Å²) in [5.74, 6) is -0.358. The lowest BCUT2D eigenvalue weighted by Crippen LogP contribution is -2.48. The second kappa shape index (κ2) is 9.97. The number of benzene rings is 1. The third kappa shape index (κ3) is 5.39. The molecule has 0 radical (unpaired) electrons. The zero-order chi connectivity index (χ0) is 23.5. The lowest BCUT2D eigenvalue weighted by molar-refractivity contribution is -0.0261. The molecule has 1 aromatic carbocycles. The van der Waals surface area contributed by atoms with Gasteiger partial charge >= 0.3 is 0 Å². The van der Waals surface area contributed by atoms with E-state index in [2.05, 4.69) is 10.3 Å². The van der Waals surface area contributed by atoms with Crippen LogP contribution < -0.4 is 10.1 Å². The largest absolute Gasteiger partial charge is 0.491 e. The van der Waals surface area contributed by atoms with Crippen molar-refractivity contribution in [2.75, 3.05) is 19.8 Å². The minimum Gasteiger partial charge on any atom is -0.491 e. The van der Waals surface area contributed by atoms with Gasteiger partial charge in [0.25, 0.3) is 5.91 Å². The third-order valence-corrected chi connectivity index (χ3v) is 5.90. The second-order valence-electron chi connectivity index (χ2n) is 9.06. The molecule has 1 amide bonds. The summed E-state index contributed by atoms with van der Waals surface area (Å²) in [7, 11) is 0. The van der Waals surface area contributed by atoms with Crippen LogP contribution in [0.15, 0.2) is 24.3 Å². The molecule has 0 unspecified atom stereocenters. The van der Waals surface area contributed by atoms with Crippen LogP contribution in [-0.2, 0) is 17.6 Å². The monoisotopic (exact) mass is 456 g/mol. The van der Waals surface area contributed by atoms with Crippen LogP contribution in [0.3, 0.4) is 0 Å². The number of halogens is 1. The molecule has 2 N–H and O–H groups in total. The van der Waals surface area contributed by atoms with Crippen LogP contribution in [-0.4, -0.2) is 53.7 Å². The first-order valence-corrected chi connectivity index (χ1v) is 11.4. The van der Waals surface area contributed by atoms with Gasteiger partial charge in [-0.1, -0.05) is 19.9 Å². The Morgan fingerprint density at radius 2 is 2.09 bits per heavy atom. The molecule has 2 aromatic rings. The molecule has 33 heavy (non-hydrogen) atoms. The summed E-state index contributed by atoms with van der Waals surface area (Å²) in [4.78, 5) is 29.6. The van der Waals surface area contributed by atoms with Crippen LogP contribution in [0.1, 0.15) is 64.4 Å². The Labute approximate surface area is 192 Å². The topological polar surface area (TPSA) is 97.8 Å². The first-order chi connectivity index (χ1) is 15.8. The van der Waals surface area contributed by atoms with Crippen molar-refractivity contribution in [3.05, 3.63) is 58.2 Å². The average Bonchev–Trinajstić information content (AvgIpc) is 3.24. The highest BCUT2D eigenvalue weighted by molar-refractivity contribution is 5.96. The van der Waals surface area contributed by atoms with E-state index in [9.17, 15) is 19.1 Å². The molecule has 0 saturated carbocycles. The molecule has 0 bridgehead atoms. The number of aliphatic hydroxyl groups is 1. The van der Waals surface area contributed by atoms with Crippen molar-refractivity contribution in [3.8, 4) is 5.75 Å². The van der Waals surface area contributed by atoms with Gasteiger partial charge in [-0.15, -0.1) is 0 Å². The zero-order valence-corrected chi connectivity index (χ0v) is 18.9. The van der Waals surface area contributed by atoms with E-state index in [1.165, 1.54) is 12.1 Å². The quantitative estimate of drug-likeness (QED) is 0.622. The Bertz CT molecular complexity index is 1060. The predicted molar refractivity (Wildman–Crippen MR) is 119 cm³/mol. The van der Waals surface area contributed by atoms with Gasteiger partial charge in [0.15, 0.2) is 5.78 Å². The number of Topliss-reactive ketones (excluding diaryl/α,β-unsaturated/α-hetero) is 1. The number of ketones is 1. The van der Waals surface area contributed by atoms with Crippen LogP contribution in [0.25, 0.3) is 0 Å². The Balaban J connectivity index is 1.55. The number of fused-ring (bicyclic) bond motifs is 1. The van der Waals surface area contributed by atoms with Crippen molar-refractivity contribution in [3.63, 3.8) is 0 Å². The summed E-state index contributed by atoms with van der Waals surface area (Å²) in [5.41, 5.74) is 2.42. The summed E-state index contributed by atoms with van der Waals surface area (Å²) >= 11 is 0. The molecule has 3 heterocycles. The number of hydrogen-bond donors (Lipinski definition) is 2. The van der Waals surface area contributed by atoms with E-state index in [-0.39, 0.29) is 35.5 Å². The van der Waals surface area contributed by atoms with Gasteiger partial charge in [0, 0.05) is 31.4 Å². The molecule has 1 fully saturated rings. The molecule has 7 nitrogen and oxygen atoms in total. The van der Waals surface area contributed by atoms with Gasteiger partial charge in [-0.05, 0) is 36.1 Å². The molecule has 2 aliphatic heterocycles. The predicted octanol–water partition coefficient (Wildman–Crippen LogP) is 2.85. The zero-order valence-electron chi connectivity index (χ0n) is 18.9. The number of aliphatic hydroxyl groups excluding tert-OH is 1. The van der Waals surface area contributed by atoms with E-state index in [0.29, 0.717) is 55.9 Å². The smallest absolute Gasteiger partial charge is 0.270 e. The molecule has 2 atom stereocenters. The molecule has 0 spiro atoms. The van der Waals surface area contributed by atoms with E-state index in [0.717, 1.165) is 5.56 Å². The van der Waals surface area contributed by atoms with Crippen LogP contribution in [0.2, 0.25) is 0 Å². The van der Waals surface area contributed by atoms with E-state index >= 15 is 0 Å². The first kappa shape index (κ1) is 23.3. The highest BCUT2D eigenvalue weighted by Gasteiger charge is 2.28. The van der Waals surface area contributed by atoms with Gasteiger partial charge in [0.2, 0.25) is 0 Å². The summed E-state index contributed by atoms with van der Waals surface area (Å²) in [5, 5.41) is 12.9. The van der Waals surface area contributed by atoms with Crippen LogP contribution in [0, 0.1) is 11.7 Å². The average molecular weight is 457 g/mol. The highest BCUT2D eigenvalue weighted by Crippen LogP contribution is 2.31. The van der Waals surface area contributed by atoms with E-state index < -0.39 is 18.0 Å². The van der Waals surface area contributed by atoms with Crippen molar-refractivity contribution >= 4 is 11.7 Å². The van der Waals surface area contributed by atoms with Crippen molar-refractivity contribution in [1.29, 1.82) is 0 Å². The van der Waals surface area contributed by atoms with Gasteiger partial charge in [-0.25, -0.2) is 9.37 Å². The fourth-order valence-electron chi connectivity index (χ4n) is 4.22. The molecule has 0 aliphatic carbocycles. The molecule has 4 rings (SSSR count). The van der Waals surface area contributed by atoms with Gasteiger partial charge in [-0.3, -0.25) is 9.59 Å². The van der Waals surface area contributed by atoms with Crippen LogP contribution >= 0.6 is 0 Å². The number of carbonyl (C=O) groups excluding carboxylic acids is 2. The molecule has 176 valence electrons. The Kier molecular flexibility index (Phi) is 7.05. The summed E-state index contributed by atoms with van der Waals surface area (Å²) in [6.07, 6.45) is 0.970. The number of amides is 1. The van der Waals surface area contributed by atoms with Gasteiger partial charge < -0.3 is 19.9 Å². The molecular weight excluding hydrogens is 427 g/mol. The fraction of sp³-hybridized carbons (Fsp3) is 0.480. The number of carbonyl (C=O) groups is 2. The van der Waals surface area contributed by atoms with Gasteiger partial charge in [-0.2, -0.15) is 0 Å². The highest BCUT2D eigenvalue weighted by atomic mass is 19.1. The van der Waals surface area contributed by atoms with Gasteiger partial charge in [0.1, 0.15) is 17.3 Å². The first-order valence-electron chi connectivity index (χ1n) is 11.4. The van der Waals surface area contributed by atoms with E-state index in [4.69, 9.17) is 9.47 Å². The molecular formula is C25H29FN2O5.